The Kier molecular flexibility index (Phi) is 6.60. The van der Waals surface area contributed by atoms with Crippen molar-refractivity contribution in [3.05, 3.63) is 28.2 Å². The number of carbonyl (C=O) groups is 1. The molecule has 0 bridgehead atoms. The summed E-state index contributed by atoms with van der Waals surface area (Å²) in [6, 6.07) is 4.95. The van der Waals surface area contributed by atoms with Crippen molar-refractivity contribution in [1.29, 1.82) is 0 Å². The second-order valence-electron chi connectivity index (χ2n) is 4.08. The van der Waals surface area contributed by atoms with E-state index >= 15 is 0 Å². The molecule has 0 aliphatic heterocycles. The number of nitrogens with one attached hydrogen (secondary N) is 2. The highest BCUT2D eigenvalue weighted by atomic mass is 79.9. The summed E-state index contributed by atoms with van der Waals surface area (Å²) in [4.78, 5) is 11.6. The standard InChI is InChI=1S/C12H17BrN2O4S/c1-9-3-4-10(13)7-11(9)20(17,18)15-8-12(16)14-5-6-19-2/h3-4,7,15H,5-6,8H2,1-2H3,(H,14,16). The van der Waals surface area contributed by atoms with Crippen molar-refractivity contribution in [1.82, 2.24) is 10.0 Å². The molecule has 1 amide bonds. The highest BCUT2D eigenvalue weighted by Crippen LogP contribution is 2.20. The van der Waals surface area contributed by atoms with Gasteiger partial charge in [-0.2, -0.15) is 0 Å². The van der Waals surface area contributed by atoms with E-state index in [9.17, 15) is 13.2 Å². The average Bonchev–Trinajstić information content (AvgIpc) is 2.39. The van der Waals surface area contributed by atoms with Crippen LogP contribution in [-0.4, -0.2) is 41.1 Å². The topological polar surface area (TPSA) is 84.5 Å². The number of sulfonamides is 1. The molecule has 0 heterocycles. The Morgan fingerprint density at radius 2 is 2.10 bits per heavy atom. The summed E-state index contributed by atoms with van der Waals surface area (Å²) in [5.74, 6) is -0.404. The third-order valence-corrected chi connectivity index (χ3v) is 4.53. The second-order valence-corrected chi connectivity index (χ2v) is 6.73. The number of amides is 1. The van der Waals surface area contributed by atoms with Crippen LogP contribution in [0.5, 0.6) is 0 Å². The van der Waals surface area contributed by atoms with Crippen LogP contribution in [0.25, 0.3) is 0 Å². The lowest BCUT2D eigenvalue weighted by atomic mass is 10.2. The van der Waals surface area contributed by atoms with Crippen LogP contribution in [-0.2, 0) is 19.6 Å². The summed E-state index contributed by atoms with van der Waals surface area (Å²) in [6.07, 6.45) is 0. The molecule has 8 heteroatoms. The van der Waals surface area contributed by atoms with Gasteiger partial charge in [-0.25, -0.2) is 13.1 Å². The third kappa shape index (κ3) is 5.20. The number of halogens is 1. The Balaban J connectivity index is 2.66. The molecule has 1 aromatic rings. The lowest BCUT2D eigenvalue weighted by Crippen LogP contribution is -2.38. The number of carbonyl (C=O) groups excluding carboxylic acids is 1. The summed E-state index contributed by atoms with van der Waals surface area (Å²) < 4.78 is 31.9. The second kappa shape index (κ2) is 7.72. The van der Waals surface area contributed by atoms with Crippen LogP contribution >= 0.6 is 15.9 Å². The minimum Gasteiger partial charge on any atom is -0.383 e. The van der Waals surface area contributed by atoms with Crippen LogP contribution in [0.15, 0.2) is 27.6 Å². The molecule has 0 aliphatic carbocycles. The summed E-state index contributed by atoms with van der Waals surface area (Å²) in [5.41, 5.74) is 0.612. The van der Waals surface area contributed by atoms with E-state index in [-0.39, 0.29) is 11.4 Å². The summed E-state index contributed by atoms with van der Waals surface area (Å²) in [6.45, 7) is 2.11. The van der Waals surface area contributed by atoms with E-state index in [0.29, 0.717) is 23.2 Å². The maximum absolute atomic E-state index is 12.1. The number of ether oxygens (including phenoxy) is 1. The van der Waals surface area contributed by atoms with Crippen molar-refractivity contribution in [3.63, 3.8) is 0 Å². The minimum atomic E-state index is -3.71. The fraction of sp³-hybridized carbons (Fsp3) is 0.417. The van der Waals surface area contributed by atoms with Crippen molar-refractivity contribution >= 4 is 31.9 Å². The maximum Gasteiger partial charge on any atom is 0.241 e. The van der Waals surface area contributed by atoms with Crippen molar-refractivity contribution < 1.29 is 17.9 Å². The van der Waals surface area contributed by atoms with E-state index in [4.69, 9.17) is 4.74 Å². The number of rotatable bonds is 7. The van der Waals surface area contributed by atoms with Crippen molar-refractivity contribution in [3.8, 4) is 0 Å². The Hall–Kier alpha value is -0.960. The Bertz CT molecular complexity index is 575. The summed E-state index contributed by atoms with van der Waals surface area (Å²) >= 11 is 3.23. The SMILES string of the molecule is COCCNC(=O)CNS(=O)(=O)c1cc(Br)ccc1C. The first kappa shape index (κ1) is 17.1. The Labute approximate surface area is 127 Å². The molecular formula is C12H17BrN2O4S. The van der Waals surface area contributed by atoms with E-state index in [1.165, 1.54) is 13.2 Å². The Morgan fingerprint density at radius 1 is 1.40 bits per heavy atom. The molecule has 1 aromatic carbocycles. The molecule has 0 atom stereocenters. The van der Waals surface area contributed by atoms with E-state index in [2.05, 4.69) is 26.0 Å². The molecule has 0 radical (unpaired) electrons. The van der Waals surface area contributed by atoms with Crippen LogP contribution in [0.1, 0.15) is 5.56 Å². The van der Waals surface area contributed by atoms with Gasteiger partial charge in [0, 0.05) is 18.1 Å². The summed E-state index contributed by atoms with van der Waals surface area (Å²) in [5, 5.41) is 2.53. The third-order valence-electron chi connectivity index (χ3n) is 2.49. The zero-order valence-corrected chi connectivity index (χ0v) is 13.7. The highest BCUT2D eigenvalue weighted by Gasteiger charge is 2.18. The van der Waals surface area contributed by atoms with Gasteiger partial charge in [0.05, 0.1) is 18.0 Å². The molecule has 0 saturated carbocycles. The van der Waals surface area contributed by atoms with E-state index < -0.39 is 15.9 Å². The molecule has 0 saturated heterocycles. The van der Waals surface area contributed by atoms with Gasteiger partial charge in [0.2, 0.25) is 15.9 Å². The smallest absolute Gasteiger partial charge is 0.241 e. The first-order valence-electron chi connectivity index (χ1n) is 5.88. The van der Waals surface area contributed by atoms with E-state index in [1.54, 1.807) is 19.1 Å². The zero-order chi connectivity index (χ0) is 15.2. The zero-order valence-electron chi connectivity index (χ0n) is 11.3. The van der Waals surface area contributed by atoms with Gasteiger partial charge in [0.25, 0.3) is 0 Å². The molecule has 20 heavy (non-hydrogen) atoms. The first-order chi connectivity index (χ1) is 9.36. The van der Waals surface area contributed by atoms with Gasteiger partial charge in [0.15, 0.2) is 0 Å². The van der Waals surface area contributed by atoms with Gasteiger partial charge < -0.3 is 10.1 Å². The van der Waals surface area contributed by atoms with Gasteiger partial charge >= 0.3 is 0 Å². The predicted octanol–water partition coefficient (Wildman–Crippen LogP) is 0.798. The molecule has 112 valence electrons. The quantitative estimate of drug-likeness (QED) is 0.700. The number of benzene rings is 1. The largest absolute Gasteiger partial charge is 0.383 e. The van der Waals surface area contributed by atoms with Crippen LogP contribution in [0, 0.1) is 6.92 Å². The highest BCUT2D eigenvalue weighted by molar-refractivity contribution is 9.10. The van der Waals surface area contributed by atoms with Gasteiger partial charge in [-0.1, -0.05) is 22.0 Å². The molecule has 2 N–H and O–H groups in total. The lowest BCUT2D eigenvalue weighted by molar-refractivity contribution is -0.120. The molecule has 0 aliphatic rings. The van der Waals surface area contributed by atoms with E-state index in [0.717, 1.165) is 0 Å². The fourth-order valence-electron chi connectivity index (χ4n) is 1.46. The predicted molar refractivity (Wildman–Crippen MR) is 79.0 cm³/mol. The van der Waals surface area contributed by atoms with Crippen LogP contribution in [0.3, 0.4) is 0 Å². The van der Waals surface area contributed by atoms with Gasteiger partial charge in [0.1, 0.15) is 0 Å². The molecule has 0 spiro atoms. The number of hydrogen-bond acceptors (Lipinski definition) is 4. The molecular weight excluding hydrogens is 348 g/mol. The van der Waals surface area contributed by atoms with E-state index in [1.807, 2.05) is 0 Å². The van der Waals surface area contributed by atoms with Crippen LogP contribution in [0.2, 0.25) is 0 Å². The van der Waals surface area contributed by atoms with Crippen molar-refractivity contribution in [2.75, 3.05) is 26.8 Å². The number of aryl methyl sites for hydroxylation is 1. The average molecular weight is 365 g/mol. The number of hydrogen-bond donors (Lipinski definition) is 2. The van der Waals surface area contributed by atoms with Crippen LogP contribution < -0.4 is 10.0 Å². The van der Waals surface area contributed by atoms with Crippen LogP contribution in [0.4, 0.5) is 0 Å². The van der Waals surface area contributed by atoms with Gasteiger partial charge in [-0.15, -0.1) is 0 Å². The van der Waals surface area contributed by atoms with Gasteiger partial charge in [-0.05, 0) is 24.6 Å². The molecule has 0 unspecified atom stereocenters. The van der Waals surface area contributed by atoms with Gasteiger partial charge in [-0.3, -0.25) is 4.79 Å². The summed E-state index contributed by atoms with van der Waals surface area (Å²) in [7, 11) is -2.19. The molecule has 6 nitrogen and oxygen atoms in total. The number of methoxy groups -OCH3 is 1. The molecule has 1 rings (SSSR count). The monoisotopic (exact) mass is 364 g/mol. The Morgan fingerprint density at radius 3 is 2.75 bits per heavy atom. The fourth-order valence-corrected chi connectivity index (χ4v) is 3.22. The minimum absolute atomic E-state index is 0.150. The van der Waals surface area contributed by atoms with Crippen molar-refractivity contribution in [2.45, 2.75) is 11.8 Å². The van der Waals surface area contributed by atoms with Crippen molar-refractivity contribution in [2.24, 2.45) is 0 Å². The molecule has 0 fully saturated rings. The lowest BCUT2D eigenvalue weighted by Gasteiger charge is -2.10. The molecule has 0 aromatic heterocycles. The first-order valence-corrected chi connectivity index (χ1v) is 8.16. The maximum atomic E-state index is 12.1. The normalized spacial score (nSPS) is 11.3.